The molecule has 0 atom stereocenters. The molecular weight excluding hydrogens is 418 g/mol. The Labute approximate surface area is 192 Å². The molecule has 4 aromatic rings. The molecule has 0 unspecified atom stereocenters. The van der Waals surface area contributed by atoms with Crippen LogP contribution >= 0.6 is 0 Å². The third kappa shape index (κ3) is 4.18. The summed E-state index contributed by atoms with van der Waals surface area (Å²) in [5.74, 6) is 1.12. The highest BCUT2D eigenvalue weighted by molar-refractivity contribution is 5.93. The summed E-state index contributed by atoms with van der Waals surface area (Å²) in [6, 6.07) is 6.10. The molecule has 1 aliphatic rings. The minimum Gasteiger partial charge on any atom is -0.477 e. The summed E-state index contributed by atoms with van der Waals surface area (Å²) < 4.78 is 14.0. The average molecular weight is 446 g/mol. The van der Waals surface area contributed by atoms with Crippen LogP contribution in [0.25, 0.3) is 22.3 Å². The van der Waals surface area contributed by atoms with E-state index in [4.69, 9.17) is 19.6 Å². The third-order valence-electron chi connectivity index (χ3n) is 5.56. The lowest BCUT2D eigenvalue weighted by molar-refractivity contribution is 0.255. The highest BCUT2D eigenvalue weighted by Gasteiger charge is 2.20. The smallest absolute Gasteiger partial charge is 0.237 e. The van der Waals surface area contributed by atoms with E-state index in [2.05, 4.69) is 34.1 Å². The first-order valence-electron chi connectivity index (χ1n) is 11.3. The van der Waals surface area contributed by atoms with Gasteiger partial charge in [-0.3, -0.25) is 9.67 Å². The first-order valence-corrected chi connectivity index (χ1v) is 11.3. The van der Waals surface area contributed by atoms with Gasteiger partial charge in [0.15, 0.2) is 0 Å². The fraction of sp³-hybridized carbons (Fsp3) is 0.375. The molecule has 0 aliphatic carbocycles. The van der Waals surface area contributed by atoms with E-state index in [1.807, 2.05) is 29.8 Å². The molecule has 9 heteroatoms. The Morgan fingerprint density at radius 3 is 2.58 bits per heavy atom. The molecule has 33 heavy (non-hydrogen) atoms. The second kappa shape index (κ2) is 9.01. The fourth-order valence-corrected chi connectivity index (χ4v) is 3.95. The van der Waals surface area contributed by atoms with Crippen LogP contribution in [-0.2, 0) is 6.54 Å². The summed E-state index contributed by atoms with van der Waals surface area (Å²) in [6.45, 7) is 7.75. The molecule has 9 nitrogen and oxygen atoms in total. The lowest BCUT2D eigenvalue weighted by Crippen LogP contribution is -2.10. The Morgan fingerprint density at radius 1 is 1.00 bits per heavy atom. The number of aryl methyl sites for hydroxylation is 1. The summed E-state index contributed by atoms with van der Waals surface area (Å²) >= 11 is 0. The van der Waals surface area contributed by atoms with E-state index in [-0.39, 0.29) is 6.04 Å². The Balaban J connectivity index is 1.69. The Morgan fingerprint density at radius 2 is 1.76 bits per heavy atom. The Hall–Kier alpha value is -3.75. The topological polar surface area (TPSA) is 99.9 Å². The van der Waals surface area contributed by atoms with Crippen LogP contribution in [0, 0.1) is 6.92 Å². The number of rotatable bonds is 1. The van der Waals surface area contributed by atoms with Crippen molar-refractivity contribution in [2.24, 2.45) is 0 Å². The number of hydrogen-bond donors (Lipinski definition) is 1. The third-order valence-corrected chi connectivity index (χ3v) is 5.56. The first kappa shape index (κ1) is 21.1. The van der Waals surface area contributed by atoms with Gasteiger partial charge in [0.25, 0.3) is 0 Å². The maximum atomic E-state index is 6.04. The van der Waals surface area contributed by atoms with E-state index in [0.717, 1.165) is 52.2 Å². The second-order valence-electron chi connectivity index (χ2n) is 8.30. The van der Waals surface area contributed by atoms with Gasteiger partial charge >= 0.3 is 0 Å². The molecule has 5 rings (SSSR count). The maximum Gasteiger partial charge on any atom is 0.237 e. The molecule has 0 radical (unpaired) electrons. The van der Waals surface area contributed by atoms with E-state index < -0.39 is 0 Å². The molecule has 0 spiro atoms. The second-order valence-corrected chi connectivity index (χ2v) is 8.30. The highest BCUT2D eigenvalue weighted by atomic mass is 16.5. The molecule has 1 aliphatic heterocycles. The monoisotopic (exact) mass is 445 g/mol. The van der Waals surface area contributed by atoms with E-state index in [1.54, 1.807) is 18.6 Å². The van der Waals surface area contributed by atoms with Crippen molar-refractivity contribution in [1.29, 1.82) is 0 Å². The van der Waals surface area contributed by atoms with E-state index in [9.17, 15) is 0 Å². The largest absolute Gasteiger partial charge is 0.477 e. The molecule has 0 fully saturated rings. The summed E-state index contributed by atoms with van der Waals surface area (Å²) in [5, 5.41) is 8.32. The summed E-state index contributed by atoms with van der Waals surface area (Å²) in [5.41, 5.74) is 5.97. The predicted octanol–water partition coefficient (Wildman–Crippen LogP) is 4.34. The number of ether oxygens (including phenoxy) is 2. The molecule has 0 aromatic carbocycles. The van der Waals surface area contributed by atoms with Crippen molar-refractivity contribution < 1.29 is 9.47 Å². The zero-order chi connectivity index (χ0) is 22.8. The average Bonchev–Trinajstić information content (AvgIpc) is 3.17. The molecule has 0 saturated carbocycles. The predicted molar refractivity (Wildman–Crippen MR) is 125 cm³/mol. The van der Waals surface area contributed by atoms with Crippen molar-refractivity contribution >= 4 is 16.7 Å². The Kier molecular flexibility index (Phi) is 5.77. The fourth-order valence-electron chi connectivity index (χ4n) is 3.95. The lowest BCUT2D eigenvalue weighted by Gasteiger charge is -2.15. The van der Waals surface area contributed by atoms with Gasteiger partial charge in [-0.25, -0.2) is 15.0 Å². The molecule has 5 heterocycles. The Bertz CT molecular complexity index is 1290. The number of nitrogens with one attached hydrogen (secondary N) is 1. The summed E-state index contributed by atoms with van der Waals surface area (Å²) in [7, 11) is 0. The van der Waals surface area contributed by atoms with Gasteiger partial charge in [0.1, 0.15) is 16.7 Å². The molecule has 4 aromatic heterocycles. The summed E-state index contributed by atoms with van der Waals surface area (Å²) in [4.78, 5) is 18.4. The quantitative estimate of drug-likeness (QED) is 0.462. The van der Waals surface area contributed by atoms with Crippen LogP contribution < -0.4 is 14.8 Å². The molecule has 2 bridgehead atoms. The number of hydrogen-bond acceptors (Lipinski definition) is 8. The van der Waals surface area contributed by atoms with Gasteiger partial charge in [0.05, 0.1) is 42.4 Å². The summed E-state index contributed by atoms with van der Waals surface area (Å²) in [6.07, 6.45) is 6.75. The van der Waals surface area contributed by atoms with Gasteiger partial charge in [-0.05, 0) is 51.8 Å². The lowest BCUT2D eigenvalue weighted by atomic mass is 10.1. The van der Waals surface area contributed by atoms with Crippen LogP contribution in [0.3, 0.4) is 0 Å². The molecular formula is C24H27N7O2. The minimum absolute atomic E-state index is 0.177. The van der Waals surface area contributed by atoms with Crippen LogP contribution in [0.15, 0.2) is 36.8 Å². The van der Waals surface area contributed by atoms with Crippen LogP contribution in [0.5, 0.6) is 11.8 Å². The standard InChI is InChI=1S/C24H27N7O2/c1-15(2)31-22-19-13-18(29-21(22)16(3)30-31)17-7-6-8-26-23(17)32-11-4-5-12-33-24-20(14-28-19)25-9-10-27-24/h6-10,13,15,28H,4-5,11-12,14H2,1-3H3. The van der Waals surface area contributed by atoms with Crippen LogP contribution in [0.2, 0.25) is 0 Å². The number of anilines is 1. The number of nitrogens with zero attached hydrogens (tertiary/aromatic N) is 6. The van der Waals surface area contributed by atoms with Crippen molar-refractivity contribution in [1.82, 2.24) is 29.7 Å². The van der Waals surface area contributed by atoms with E-state index >= 15 is 0 Å². The number of pyridine rings is 2. The van der Waals surface area contributed by atoms with E-state index in [0.29, 0.717) is 31.5 Å². The van der Waals surface area contributed by atoms with Crippen LogP contribution in [0.1, 0.15) is 44.1 Å². The molecule has 170 valence electrons. The van der Waals surface area contributed by atoms with Crippen molar-refractivity contribution in [2.45, 2.75) is 46.2 Å². The molecule has 0 saturated heterocycles. The zero-order valence-corrected chi connectivity index (χ0v) is 19.1. The van der Waals surface area contributed by atoms with Gasteiger partial charge in [-0.1, -0.05) is 0 Å². The van der Waals surface area contributed by atoms with Crippen molar-refractivity contribution in [3.05, 3.63) is 48.2 Å². The van der Waals surface area contributed by atoms with Crippen molar-refractivity contribution in [2.75, 3.05) is 18.5 Å². The van der Waals surface area contributed by atoms with Crippen molar-refractivity contribution in [3.8, 4) is 23.0 Å². The molecule has 0 amide bonds. The van der Waals surface area contributed by atoms with Gasteiger partial charge in [-0.2, -0.15) is 5.10 Å². The minimum atomic E-state index is 0.177. The highest BCUT2D eigenvalue weighted by Crippen LogP contribution is 2.35. The maximum absolute atomic E-state index is 6.04. The molecule has 1 N–H and O–H groups in total. The van der Waals surface area contributed by atoms with Crippen molar-refractivity contribution in [3.63, 3.8) is 0 Å². The normalized spacial score (nSPS) is 14.3. The SMILES string of the molecule is Cc1nn(C(C)C)c2c3cc(nc12)-c1cccnc1OCCCCOc1nccnc1CN3. The van der Waals surface area contributed by atoms with Gasteiger partial charge in [0.2, 0.25) is 11.8 Å². The van der Waals surface area contributed by atoms with Gasteiger partial charge < -0.3 is 14.8 Å². The van der Waals surface area contributed by atoms with Gasteiger partial charge in [-0.15, -0.1) is 0 Å². The van der Waals surface area contributed by atoms with Crippen LogP contribution in [0.4, 0.5) is 5.69 Å². The number of aromatic nitrogens is 6. The zero-order valence-electron chi connectivity index (χ0n) is 19.1. The first-order chi connectivity index (χ1) is 16.1. The van der Waals surface area contributed by atoms with Gasteiger partial charge in [0, 0.05) is 24.6 Å². The number of fused-ring (bicyclic) bond motifs is 7. The van der Waals surface area contributed by atoms with Crippen LogP contribution in [-0.4, -0.2) is 42.9 Å². The van der Waals surface area contributed by atoms with E-state index in [1.165, 1.54) is 0 Å².